The van der Waals surface area contributed by atoms with Gasteiger partial charge in [0.1, 0.15) is 0 Å². The van der Waals surface area contributed by atoms with Gasteiger partial charge in [0.2, 0.25) is 0 Å². The Hall–Kier alpha value is -0.130. The molecule has 3 N–H and O–H groups in total. The summed E-state index contributed by atoms with van der Waals surface area (Å²) < 4.78 is 31.2. The summed E-state index contributed by atoms with van der Waals surface area (Å²) in [5.74, 6) is 0.0101. The van der Waals surface area contributed by atoms with E-state index >= 15 is 0 Å². The maximum absolute atomic E-state index is 11.1. The van der Waals surface area contributed by atoms with Gasteiger partial charge in [-0.25, -0.2) is 0 Å². The number of hydrogen-bond acceptors (Lipinski definition) is 3. The molecule has 0 aliphatic rings. The molecule has 0 rings (SSSR count). The lowest BCUT2D eigenvalue weighted by Gasteiger charge is -2.38. The predicted octanol–water partition coefficient (Wildman–Crippen LogP) is 4.15. The molecule has 1 unspecified atom stereocenters. The third-order valence-corrected chi connectivity index (χ3v) is 5.19. The summed E-state index contributed by atoms with van der Waals surface area (Å²) in [5, 5.41) is 0. The maximum Gasteiger partial charge on any atom is 0.264 e. The topological polar surface area (TPSA) is 80.4 Å². The Morgan fingerprint density at radius 3 is 1.81 bits per heavy atom. The average Bonchev–Trinajstić information content (AvgIpc) is 2.41. The molecule has 5 heteroatoms. The summed E-state index contributed by atoms with van der Waals surface area (Å²) >= 11 is 0. The van der Waals surface area contributed by atoms with Crippen LogP contribution in [0.15, 0.2) is 0 Å². The van der Waals surface area contributed by atoms with Crippen LogP contribution in [-0.4, -0.2) is 24.3 Å². The highest BCUT2D eigenvalue weighted by Gasteiger charge is 2.33. The van der Waals surface area contributed by atoms with Gasteiger partial charge in [-0.1, -0.05) is 59.3 Å². The first kappa shape index (κ1) is 20.9. The zero-order valence-corrected chi connectivity index (χ0v) is 14.9. The van der Waals surface area contributed by atoms with Crippen molar-refractivity contribution in [3.8, 4) is 0 Å². The van der Waals surface area contributed by atoms with Gasteiger partial charge in [-0.3, -0.25) is 4.55 Å². The molecular formula is C16H35NO3S. The Kier molecular flexibility index (Phi) is 10.5. The Bertz CT molecular complexity index is 347. The summed E-state index contributed by atoms with van der Waals surface area (Å²) in [5.41, 5.74) is 6.42. The summed E-state index contributed by atoms with van der Waals surface area (Å²) in [6, 6.07) is 0. The van der Waals surface area contributed by atoms with Gasteiger partial charge in [0.05, 0.1) is 5.75 Å². The van der Waals surface area contributed by atoms with E-state index in [1.165, 1.54) is 0 Å². The SMILES string of the molecule is CCCCC(CCS(=O)(=O)O)C(N)(CCCC)CCCC. The van der Waals surface area contributed by atoms with E-state index in [4.69, 9.17) is 10.3 Å². The predicted molar refractivity (Wildman–Crippen MR) is 90.0 cm³/mol. The molecule has 0 aromatic carbocycles. The van der Waals surface area contributed by atoms with E-state index in [1.807, 2.05) is 0 Å². The van der Waals surface area contributed by atoms with Gasteiger partial charge >= 0.3 is 0 Å². The molecule has 0 fully saturated rings. The van der Waals surface area contributed by atoms with Crippen LogP contribution in [0, 0.1) is 5.92 Å². The molecule has 0 aromatic heterocycles. The van der Waals surface area contributed by atoms with E-state index < -0.39 is 10.1 Å². The minimum atomic E-state index is -3.90. The quantitative estimate of drug-likeness (QED) is 0.499. The van der Waals surface area contributed by atoms with Crippen LogP contribution in [0.5, 0.6) is 0 Å². The van der Waals surface area contributed by atoms with Crippen molar-refractivity contribution in [1.29, 1.82) is 0 Å². The van der Waals surface area contributed by atoms with Crippen LogP contribution >= 0.6 is 0 Å². The number of unbranched alkanes of at least 4 members (excludes halogenated alkanes) is 3. The fourth-order valence-electron chi connectivity index (χ4n) is 3.01. The van der Waals surface area contributed by atoms with E-state index in [-0.39, 0.29) is 17.2 Å². The molecule has 0 aliphatic carbocycles. The molecule has 21 heavy (non-hydrogen) atoms. The maximum atomic E-state index is 11.1. The fourth-order valence-corrected chi connectivity index (χ4v) is 3.59. The Labute approximate surface area is 131 Å². The molecule has 128 valence electrons. The molecule has 0 aromatic rings. The summed E-state index contributed by atoms with van der Waals surface area (Å²) in [6.45, 7) is 6.44. The molecule has 4 nitrogen and oxygen atoms in total. The van der Waals surface area contributed by atoms with Crippen LogP contribution in [0.25, 0.3) is 0 Å². The second kappa shape index (κ2) is 10.6. The van der Waals surface area contributed by atoms with E-state index in [0.29, 0.717) is 6.42 Å². The molecule has 0 radical (unpaired) electrons. The molecule has 0 bridgehead atoms. The van der Waals surface area contributed by atoms with Gasteiger partial charge in [-0.15, -0.1) is 0 Å². The number of rotatable bonds is 13. The summed E-state index contributed by atoms with van der Waals surface area (Å²) in [4.78, 5) is 0. The van der Waals surface area contributed by atoms with E-state index in [1.54, 1.807) is 0 Å². The molecule has 0 heterocycles. The zero-order chi connectivity index (χ0) is 16.4. The second-order valence-electron chi connectivity index (χ2n) is 6.35. The molecule has 0 saturated heterocycles. The lowest BCUT2D eigenvalue weighted by molar-refractivity contribution is 0.202. The fraction of sp³-hybridized carbons (Fsp3) is 1.00. The van der Waals surface area contributed by atoms with Crippen molar-refractivity contribution in [1.82, 2.24) is 0 Å². The molecule has 0 spiro atoms. The van der Waals surface area contributed by atoms with E-state index in [9.17, 15) is 8.42 Å². The van der Waals surface area contributed by atoms with Crippen LogP contribution in [0.1, 0.15) is 85.0 Å². The normalized spacial score (nSPS) is 14.3. The van der Waals surface area contributed by atoms with Gasteiger partial charge in [-0.05, 0) is 31.6 Å². The minimum absolute atomic E-state index is 0.168. The lowest BCUT2D eigenvalue weighted by atomic mass is 9.73. The number of hydrogen-bond donors (Lipinski definition) is 2. The summed E-state index contributed by atoms with van der Waals surface area (Å²) in [6.07, 6.45) is 9.83. The first-order valence-electron chi connectivity index (χ1n) is 8.53. The highest BCUT2D eigenvalue weighted by atomic mass is 32.2. The minimum Gasteiger partial charge on any atom is -0.325 e. The molecule has 0 amide bonds. The van der Waals surface area contributed by atoms with E-state index in [0.717, 1.165) is 57.8 Å². The lowest BCUT2D eigenvalue weighted by Crippen LogP contribution is -2.48. The van der Waals surface area contributed by atoms with Crippen molar-refractivity contribution in [3.63, 3.8) is 0 Å². The highest BCUT2D eigenvalue weighted by Crippen LogP contribution is 2.33. The van der Waals surface area contributed by atoms with Crippen molar-refractivity contribution in [2.45, 2.75) is 90.5 Å². The van der Waals surface area contributed by atoms with Crippen LogP contribution in [0.4, 0.5) is 0 Å². The van der Waals surface area contributed by atoms with Crippen LogP contribution < -0.4 is 5.73 Å². The van der Waals surface area contributed by atoms with Gasteiger partial charge in [0.25, 0.3) is 10.1 Å². The van der Waals surface area contributed by atoms with Crippen LogP contribution in [0.3, 0.4) is 0 Å². The van der Waals surface area contributed by atoms with Crippen molar-refractivity contribution in [2.24, 2.45) is 11.7 Å². The zero-order valence-electron chi connectivity index (χ0n) is 14.1. The monoisotopic (exact) mass is 321 g/mol. The van der Waals surface area contributed by atoms with Gasteiger partial charge in [0, 0.05) is 5.54 Å². The highest BCUT2D eigenvalue weighted by molar-refractivity contribution is 7.85. The molecule has 0 aliphatic heterocycles. The van der Waals surface area contributed by atoms with Gasteiger partial charge < -0.3 is 5.73 Å². The third kappa shape index (κ3) is 9.48. The average molecular weight is 322 g/mol. The first-order valence-corrected chi connectivity index (χ1v) is 10.1. The second-order valence-corrected chi connectivity index (χ2v) is 7.93. The smallest absolute Gasteiger partial charge is 0.264 e. The van der Waals surface area contributed by atoms with Crippen LogP contribution in [-0.2, 0) is 10.1 Å². The summed E-state index contributed by atoms with van der Waals surface area (Å²) in [7, 11) is -3.90. The van der Waals surface area contributed by atoms with Gasteiger partial charge in [0.15, 0.2) is 0 Å². The van der Waals surface area contributed by atoms with Gasteiger partial charge in [-0.2, -0.15) is 8.42 Å². The Balaban J connectivity index is 4.94. The van der Waals surface area contributed by atoms with Crippen molar-refractivity contribution >= 4 is 10.1 Å². The number of nitrogens with two attached hydrogens (primary N) is 1. The Morgan fingerprint density at radius 2 is 1.43 bits per heavy atom. The van der Waals surface area contributed by atoms with E-state index in [2.05, 4.69) is 20.8 Å². The standard InChI is InChI=1S/C16H35NO3S/c1-4-7-10-15(11-14-21(18,19)20)16(17,12-8-5-2)13-9-6-3/h15H,4-14,17H2,1-3H3,(H,18,19,20). The van der Waals surface area contributed by atoms with Crippen LogP contribution in [0.2, 0.25) is 0 Å². The molecular weight excluding hydrogens is 286 g/mol. The molecule has 1 atom stereocenters. The largest absolute Gasteiger partial charge is 0.325 e. The van der Waals surface area contributed by atoms with Crippen molar-refractivity contribution < 1.29 is 13.0 Å². The van der Waals surface area contributed by atoms with Crippen molar-refractivity contribution in [3.05, 3.63) is 0 Å². The van der Waals surface area contributed by atoms with Crippen molar-refractivity contribution in [2.75, 3.05) is 5.75 Å². The third-order valence-electron chi connectivity index (χ3n) is 4.44. The molecule has 0 saturated carbocycles. The first-order chi connectivity index (χ1) is 9.79. The Morgan fingerprint density at radius 1 is 0.952 bits per heavy atom.